The van der Waals surface area contributed by atoms with Gasteiger partial charge in [-0.1, -0.05) is 38.5 Å². The first-order chi connectivity index (χ1) is 8.04. The summed E-state index contributed by atoms with van der Waals surface area (Å²) in [7, 11) is 0. The Morgan fingerprint density at radius 1 is 1.47 bits per heavy atom. The van der Waals surface area contributed by atoms with Gasteiger partial charge in [-0.15, -0.1) is 0 Å². The second kappa shape index (κ2) is 6.92. The molecular weight excluding hydrogens is 281 g/mol. The van der Waals surface area contributed by atoms with Gasteiger partial charge >= 0.3 is 0 Å². The van der Waals surface area contributed by atoms with Crippen LogP contribution < -0.4 is 5.32 Å². The third-order valence-electron chi connectivity index (χ3n) is 2.62. The lowest BCUT2D eigenvalue weighted by molar-refractivity contribution is 0.620. The van der Waals surface area contributed by atoms with Gasteiger partial charge in [0.2, 0.25) is 0 Å². The molecule has 3 heteroatoms. The van der Waals surface area contributed by atoms with Gasteiger partial charge in [0.15, 0.2) is 0 Å². The van der Waals surface area contributed by atoms with E-state index in [1.807, 2.05) is 6.07 Å². The van der Waals surface area contributed by atoms with Crippen molar-refractivity contribution in [3.8, 4) is 0 Å². The van der Waals surface area contributed by atoms with Crippen molar-refractivity contribution in [2.45, 2.75) is 20.8 Å². The van der Waals surface area contributed by atoms with Crippen molar-refractivity contribution in [1.82, 2.24) is 5.32 Å². The number of hydrogen-bond donors (Lipinski definition) is 1. The monoisotopic (exact) mass is 299 g/mol. The topological polar surface area (TPSA) is 12.0 Å². The van der Waals surface area contributed by atoms with Crippen LogP contribution in [-0.2, 0) is 0 Å². The van der Waals surface area contributed by atoms with Gasteiger partial charge in [-0.3, -0.25) is 0 Å². The molecule has 0 aliphatic rings. The molecule has 1 aromatic carbocycles. The van der Waals surface area contributed by atoms with E-state index in [9.17, 15) is 4.39 Å². The first kappa shape index (κ1) is 14.4. The minimum absolute atomic E-state index is 0.217. The molecule has 17 heavy (non-hydrogen) atoms. The lowest BCUT2D eigenvalue weighted by Gasteiger charge is -2.12. The summed E-state index contributed by atoms with van der Waals surface area (Å²) >= 11 is 3.16. The van der Waals surface area contributed by atoms with Gasteiger partial charge in [-0.25, -0.2) is 4.39 Å². The molecule has 1 nitrogen and oxygen atoms in total. The van der Waals surface area contributed by atoms with Crippen molar-refractivity contribution < 1.29 is 4.39 Å². The second-order valence-corrected chi connectivity index (χ2v) is 5.18. The van der Waals surface area contributed by atoms with Crippen molar-refractivity contribution in [3.05, 3.63) is 39.6 Å². The van der Waals surface area contributed by atoms with Crippen LogP contribution in [0, 0.1) is 11.7 Å². The van der Waals surface area contributed by atoms with Gasteiger partial charge in [0, 0.05) is 6.54 Å². The van der Waals surface area contributed by atoms with Crippen LogP contribution in [0.25, 0.3) is 6.08 Å². The number of likely N-dealkylation sites (N-methyl/N-ethyl adjacent to an activating group) is 1. The Balaban J connectivity index is 2.91. The summed E-state index contributed by atoms with van der Waals surface area (Å²) in [5.74, 6) is 0.242. The fraction of sp³-hybridized carbons (Fsp3) is 0.429. The zero-order valence-electron chi connectivity index (χ0n) is 10.6. The van der Waals surface area contributed by atoms with E-state index in [1.165, 1.54) is 5.57 Å². The average molecular weight is 300 g/mol. The molecule has 0 heterocycles. The van der Waals surface area contributed by atoms with Crippen LogP contribution in [0.15, 0.2) is 28.2 Å². The largest absolute Gasteiger partial charge is 0.313 e. The van der Waals surface area contributed by atoms with E-state index >= 15 is 0 Å². The summed E-state index contributed by atoms with van der Waals surface area (Å²) in [5, 5.41) is 3.30. The molecule has 0 unspecified atom stereocenters. The number of rotatable bonds is 5. The highest BCUT2D eigenvalue weighted by molar-refractivity contribution is 9.10. The van der Waals surface area contributed by atoms with Crippen molar-refractivity contribution in [3.63, 3.8) is 0 Å². The van der Waals surface area contributed by atoms with Gasteiger partial charge < -0.3 is 5.32 Å². The van der Waals surface area contributed by atoms with Crippen molar-refractivity contribution in [1.29, 1.82) is 0 Å². The number of nitrogens with one attached hydrogen (secondary N) is 1. The zero-order chi connectivity index (χ0) is 12.8. The third kappa shape index (κ3) is 4.60. The van der Waals surface area contributed by atoms with Crippen molar-refractivity contribution >= 4 is 22.0 Å². The normalized spacial score (nSPS) is 12.2. The van der Waals surface area contributed by atoms with Crippen molar-refractivity contribution in [2.75, 3.05) is 13.1 Å². The minimum Gasteiger partial charge on any atom is -0.313 e. The summed E-state index contributed by atoms with van der Waals surface area (Å²) < 4.78 is 13.9. The number of halogens is 2. The molecule has 0 spiro atoms. The first-order valence-corrected chi connectivity index (χ1v) is 6.70. The predicted molar refractivity (Wildman–Crippen MR) is 75.5 cm³/mol. The molecule has 0 aliphatic heterocycles. The van der Waals surface area contributed by atoms with E-state index < -0.39 is 0 Å². The lowest BCUT2D eigenvalue weighted by Crippen LogP contribution is -2.18. The van der Waals surface area contributed by atoms with E-state index in [0.29, 0.717) is 10.4 Å². The van der Waals surface area contributed by atoms with Crippen LogP contribution in [0.2, 0.25) is 0 Å². The molecule has 0 saturated carbocycles. The van der Waals surface area contributed by atoms with Gasteiger partial charge in [0.1, 0.15) is 5.82 Å². The van der Waals surface area contributed by atoms with E-state index in [2.05, 4.69) is 48.1 Å². The molecule has 0 atom stereocenters. The lowest BCUT2D eigenvalue weighted by atomic mass is 10.00. The maximum atomic E-state index is 13.4. The number of hydrogen-bond acceptors (Lipinski definition) is 1. The molecular formula is C14H19BrFN. The molecule has 0 aliphatic carbocycles. The fourth-order valence-corrected chi connectivity index (χ4v) is 1.75. The van der Waals surface area contributed by atoms with E-state index in [0.717, 1.165) is 18.7 Å². The maximum absolute atomic E-state index is 13.4. The molecule has 1 aromatic rings. The Morgan fingerprint density at radius 2 is 2.18 bits per heavy atom. The highest BCUT2D eigenvalue weighted by Gasteiger charge is 2.04. The smallest absolute Gasteiger partial charge is 0.137 e. The molecule has 1 rings (SSSR count). The van der Waals surface area contributed by atoms with Gasteiger partial charge in [0.25, 0.3) is 0 Å². The third-order valence-corrected chi connectivity index (χ3v) is 3.26. The summed E-state index contributed by atoms with van der Waals surface area (Å²) in [4.78, 5) is 0. The standard InChI is InChI=1S/C14H19BrFN/c1-4-17-9-12(10(2)3)7-11-5-6-13(15)14(16)8-11/h5-8,10,17H,4,9H2,1-3H3/b12-7-. The SMILES string of the molecule is CCNC/C(=C/c1ccc(Br)c(F)c1)C(C)C. The molecule has 0 amide bonds. The van der Waals surface area contributed by atoms with Crippen LogP contribution in [0.4, 0.5) is 4.39 Å². The van der Waals surface area contributed by atoms with Crippen LogP contribution in [-0.4, -0.2) is 13.1 Å². The molecule has 0 fully saturated rings. The van der Waals surface area contributed by atoms with Gasteiger partial charge in [-0.05, 0) is 46.1 Å². The van der Waals surface area contributed by atoms with E-state index in [1.54, 1.807) is 12.1 Å². The highest BCUT2D eigenvalue weighted by Crippen LogP contribution is 2.19. The molecule has 0 radical (unpaired) electrons. The average Bonchev–Trinajstić information content (AvgIpc) is 2.28. The zero-order valence-corrected chi connectivity index (χ0v) is 12.1. The maximum Gasteiger partial charge on any atom is 0.137 e. The summed E-state index contributed by atoms with van der Waals surface area (Å²) in [6, 6.07) is 5.21. The van der Waals surface area contributed by atoms with Crippen LogP contribution in [0.1, 0.15) is 26.3 Å². The highest BCUT2D eigenvalue weighted by atomic mass is 79.9. The van der Waals surface area contributed by atoms with Crippen LogP contribution in [0.5, 0.6) is 0 Å². The summed E-state index contributed by atoms with van der Waals surface area (Å²) in [6.45, 7) is 8.18. The predicted octanol–water partition coefficient (Wildman–Crippen LogP) is 4.24. The Hall–Kier alpha value is -0.670. The Labute approximate surface area is 111 Å². The van der Waals surface area contributed by atoms with Crippen molar-refractivity contribution in [2.24, 2.45) is 5.92 Å². The molecule has 0 saturated heterocycles. The van der Waals surface area contributed by atoms with Crippen LogP contribution in [0.3, 0.4) is 0 Å². The quantitative estimate of drug-likeness (QED) is 0.857. The minimum atomic E-state index is -0.217. The summed E-state index contributed by atoms with van der Waals surface area (Å²) in [5.41, 5.74) is 2.20. The summed E-state index contributed by atoms with van der Waals surface area (Å²) in [6.07, 6.45) is 2.06. The van der Waals surface area contributed by atoms with E-state index in [-0.39, 0.29) is 5.82 Å². The fourth-order valence-electron chi connectivity index (χ4n) is 1.51. The van der Waals surface area contributed by atoms with Crippen LogP contribution >= 0.6 is 15.9 Å². The Kier molecular flexibility index (Phi) is 5.86. The van der Waals surface area contributed by atoms with Gasteiger partial charge in [0.05, 0.1) is 4.47 Å². The second-order valence-electron chi connectivity index (χ2n) is 4.33. The molecule has 0 bridgehead atoms. The van der Waals surface area contributed by atoms with E-state index in [4.69, 9.17) is 0 Å². The Bertz CT molecular complexity index is 399. The molecule has 94 valence electrons. The number of benzene rings is 1. The Morgan fingerprint density at radius 3 is 2.71 bits per heavy atom. The first-order valence-electron chi connectivity index (χ1n) is 5.90. The molecule has 1 N–H and O–H groups in total. The van der Waals surface area contributed by atoms with Gasteiger partial charge in [-0.2, -0.15) is 0 Å². The molecule has 0 aromatic heterocycles.